The Bertz CT molecular complexity index is 535. The van der Waals surface area contributed by atoms with Gasteiger partial charge in [-0.15, -0.1) is 0 Å². The first-order valence-corrected chi connectivity index (χ1v) is 4.35. The van der Waals surface area contributed by atoms with Crippen LogP contribution in [0.3, 0.4) is 0 Å². The fraction of sp³-hybridized carbons (Fsp3) is 0. The molecule has 0 fully saturated rings. The van der Waals surface area contributed by atoms with Crippen LogP contribution < -0.4 is 0 Å². The van der Waals surface area contributed by atoms with E-state index >= 15 is 0 Å². The Morgan fingerprint density at radius 1 is 1.07 bits per heavy atom. The molecular weight excluding hydrogens is 194 g/mol. The molecular formula is C11H9NO3. The fourth-order valence-electron chi connectivity index (χ4n) is 1.52. The Kier molecular flexibility index (Phi) is 2.17. The lowest BCUT2D eigenvalue weighted by atomic mass is 10.0. The van der Waals surface area contributed by atoms with Crippen molar-refractivity contribution in [3.63, 3.8) is 0 Å². The molecule has 0 spiro atoms. The van der Waals surface area contributed by atoms with Gasteiger partial charge in [0.05, 0.1) is 6.21 Å². The van der Waals surface area contributed by atoms with Crippen LogP contribution in [-0.4, -0.2) is 21.6 Å². The molecule has 2 aromatic carbocycles. The average Bonchev–Trinajstić information content (AvgIpc) is 2.26. The van der Waals surface area contributed by atoms with Crippen LogP contribution in [0.25, 0.3) is 10.8 Å². The van der Waals surface area contributed by atoms with Crippen LogP contribution in [-0.2, 0) is 0 Å². The highest BCUT2D eigenvalue weighted by atomic mass is 16.4. The summed E-state index contributed by atoms with van der Waals surface area (Å²) in [6.07, 6.45) is 1.07. The Morgan fingerprint density at radius 3 is 2.40 bits per heavy atom. The van der Waals surface area contributed by atoms with Crippen molar-refractivity contribution in [1.29, 1.82) is 0 Å². The Hall–Kier alpha value is -2.23. The molecule has 2 aromatic rings. The molecule has 3 N–H and O–H groups in total. The topological polar surface area (TPSA) is 73.1 Å². The zero-order valence-electron chi connectivity index (χ0n) is 7.75. The summed E-state index contributed by atoms with van der Waals surface area (Å²) >= 11 is 0. The summed E-state index contributed by atoms with van der Waals surface area (Å²) in [5.74, 6) is 0.0273. The number of rotatable bonds is 1. The van der Waals surface area contributed by atoms with Crippen molar-refractivity contribution in [2.24, 2.45) is 5.16 Å². The third-order valence-corrected chi connectivity index (χ3v) is 2.22. The number of phenolic OH excluding ortho intramolecular Hbond substituents is 2. The van der Waals surface area contributed by atoms with Crippen LogP contribution >= 0.6 is 0 Å². The molecule has 0 aliphatic rings. The molecule has 4 nitrogen and oxygen atoms in total. The van der Waals surface area contributed by atoms with E-state index in [-0.39, 0.29) is 17.1 Å². The summed E-state index contributed by atoms with van der Waals surface area (Å²) in [6, 6.07) is 8.24. The normalized spacial score (nSPS) is 11.2. The van der Waals surface area contributed by atoms with E-state index in [1.165, 1.54) is 6.07 Å². The molecule has 0 heterocycles. The van der Waals surface area contributed by atoms with Gasteiger partial charge < -0.3 is 15.4 Å². The number of aromatic hydroxyl groups is 2. The van der Waals surface area contributed by atoms with Gasteiger partial charge >= 0.3 is 0 Å². The second-order valence-electron chi connectivity index (χ2n) is 3.12. The lowest BCUT2D eigenvalue weighted by Gasteiger charge is -2.05. The van der Waals surface area contributed by atoms with Crippen LogP contribution in [0.2, 0.25) is 0 Å². The second kappa shape index (κ2) is 3.49. The molecule has 76 valence electrons. The van der Waals surface area contributed by atoms with Gasteiger partial charge in [0.2, 0.25) is 0 Å². The summed E-state index contributed by atoms with van der Waals surface area (Å²) in [6.45, 7) is 0. The van der Waals surface area contributed by atoms with Crippen LogP contribution in [0.15, 0.2) is 35.5 Å². The van der Waals surface area contributed by atoms with Crippen LogP contribution in [0.4, 0.5) is 0 Å². The predicted octanol–water partition coefficient (Wildman–Crippen LogP) is 2.06. The molecule has 0 aromatic heterocycles. The van der Waals surface area contributed by atoms with Gasteiger partial charge in [0.1, 0.15) is 11.5 Å². The molecule has 0 aliphatic heterocycles. The molecule has 4 heteroatoms. The van der Waals surface area contributed by atoms with E-state index in [0.717, 1.165) is 6.21 Å². The van der Waals surface area contributed by atoms with Gasteiger partial charge in [-0.2, -0.15) is 0 Å². The molecule has 15 heavy (non-hydrogen) atoms. The minimum atomic E-state index is -0.0128. The molecule has 0 saturated carbocycles. The van der Waals surface area contributed by atoms with E-state index in [4.69, 9.17) is 5.21 Å². The number of hydrogen-bond donors (Lipinski definition) is 3. The Morgan fingerprint density at radius 2 is 1.73 bits per heavy atom. The maximum absolute atomic E-state index is 9.79. The highest BCUT2D eigenvalue weighted by molar-refractivity contribution is 6.00. The Balaban J connectivity index is 2.84. The highest BCUT2D eigenvalue weighted by Crippen LogP contribution is 2.34. The predicted molar refractivity (Wildman–Crippen MR) is 56.7 cm³/mol. The third-order valence-electron chi connectivity index (χ3n) is 2.22. The monoisotopic (exact) mass is 203 g/mol. The van der Waals surface area contributed by atoms with Crippen LogP contribution in [0, 0.1) is 0 Å². The van der Waals surface area contributed by atoms with Gasteiger partial charge in [-0.05, 0) is 6.07 Å². The highest BCUT2D eigenvalue weighted by Gasteiger charge is 2.08. The van der Waals surface area contributed by atoms with Crippen LogP contribution in [0.5, 0.6) is 11.5 Å². The van der Waals surface area contributed by atoms with Crippen molar-refractivity contribution in [2.75, 3.05) is 0 Å². The van der Waals surface area contributed by atoms with Crippen molar-refractivity contribution in [3.8, 4) is 11.5 Å². The van der Waals surface area contributed by atoms with E-state index < -0.39 is 0 Å². The number of hydrogen-bond acceptors (Lipinski definition) is 4. The lowest BCUT2D eigenvalue weighted by Crippen LogP contribution is -1.85. The van der Waals surface area contributed by atoms with Gasteiger partial charge in [-0.25, -0.2) is 0 Å². The van der Waals surface area contributed by atoms with Crippen molar-refractivity contribution in [3.05, 3.63) is 35.9 Å². The van der Waals surface area contributed by atoms with E-state index in [2.05, 4.69) is 5.16 Å². The molecule has 0 unspecified atom stereocenters. The molecule has 0 radical (unpaired) electrons. The first-order valence-electron chi connectivity index (χ1n) is 4.35. The fourth-order valence-corrected chi connectivity index (χ4v) is 1.52. The number of fused-ring (bicyclic) bond motifs is 1. The first kappa shape index (κ1) is 9.33. The summed E-state index contributed by atoms with van der Waals surface area (Å²) in [4.78, 5) is 0. The van der Waals surface area contributed by atoms with Crippen molar-refractivity contribution in [1.82, 2.24) is 0 Å². The summed E-state index contributed by atoms with van der Waals surface area (Å²) in [7, 11) is 0. The number of benzene rings is 2. The standard InChI is InChI=1S/C11H9NO3/c13-10-5-7(6-12-15)11(14)9-4-2-1-3-8(9)10/h1-6,13-15H. The number of nitrogens with zero attached hydrogens (tertiary/aromatic N) is 1. The van der Waals surface area contributed by atoms with Crippen molar-refractivity contribution < 1.29 is 15.4 Å². The molecule has 0 saturated heterocycles. The molecule has 0 amide bonds. The third kappa shape index (κ3) is 1.46. The summed E-state index contributed by atoms with van der Waals surface area (Å²) < 4.78 is 0. The van der Waals surface area contributed by atoms with Gasteiger partial charge in [-0.3, -0.25) is 0 Å². The maximum Gasteiger partial charge on any atom is 0.132 e. The average molecular weight is 203 g/mol. The summed E-state index contributed by atoms with van der Waals surface area (Å²) in [5, 5.41) is 31.7. The van der Waals surface area contributed by atoms with E-state index in [1.54, 1.807) is 24.3 Å². The quantitative estimate of drug-likeness (QED) is 0.287. The molecule has 0 bridgehead atoms. The Labute approximate surface area is 85.7 Å². The van der Waals surface area contributed by atoms with E-state index in [1.807, 2.05) is 0 Å². The minimum absolute atomic E-state index is 0.0128. The summed E-state index contributed by atoms with van der Waals surface area (Å²) in [5.41, 5.74) is 0.272. The van der Waals surface area contributed by atoms with Gasteiger partial charge in [0, 0.05) is 16.3 Å². The van der Waals surface area contributed by atoms with E-state index in [0.29, 0.717) is 10.8 Å². The lowest BCUT2D eigenvalue weighted by molar-refractivity contribution is 0.321. The van der Waals surface area contributed by atoms with Gasteiger partial charge in [-0.1, -0.05) is 29.4 Å². The zero-order valence-corrected chi connectivity index (χ0v) is 7.75. The molecule has 0 aliphatic carbocycles. The number of phenols is 2. The maximum atomic E-state index is 9.79. The van der Waals surface area contributed by atoms with Gasteiger partial charge in [0.15, 0.2) is 0 Å². The minimum Gasteiger partial charge on any atom is -0.507 e. The van der Waals surface area contributed by atoms with Crippen molar-refractivity contribution in [2.45, 2.75) is 0 Å². The largest absolute Gasteiger partial charge is 0.507 e. The van der Waals surface area contributed by atoms with Gasteiger partial charge in [0.25, 0.3) is 0 Å². The zero-order chi connectivity index (χ0) is 10.8. The second-order valence-corrected chi connectivity index (χ2v) is 3.12. The smallest absolute Gasteiger partial charge is 0.132 e. The SMILES string of the molecule is ON=Cc1cc(O)c2ccccc2c1O. The number of oxime groups is 1. The molecule has 2 rings (SSSR count). The first-order chi connectivity index (χ1) is 7.24. The van der Waals surface area contributed by atoms with Crippen LogP contribution in [0.1, 0.15) is 5.56 Å². The molecule has 0 atom stereocenters. The van der Waals surface area contributed by atoms with E-state index in [9.17, 15) is 10.2 Å². The van der Waals surface area contributed by atoms with Crippen molar-refractivity contribution >= 4 is 17.0 Å².